The third-order valence-corrected chi connectivity index (χ3v) is 3.88. The number of para-hydroxylation sites is 1. The molecule has 2 rings (SSSR count). The van der Waals surface area contributed by atoms with Gasteiger partial charge in [-0.2, -0.15) is 5.10 Å². The predicted molar refractivity (Wildman–Crippen MR) is 95.6 cm³/mol. The van der Waals surface area contributed by atoms with E-state index in [1.807, 2.05) is 37.3 Å². The molecule has 1 unspecified atom stereocenters. The molecule has 1 heterocycles. The van der Waals surface area contributed by atoms with Crippen molar-refractivity contribution in [3.8, 4) is 5.69 Å². The van der Waals surface area contributed by atoms with E-state index in [1.165, 1.54) is 6.07 Å². The third kappa shape index (κ3) is 4.54. The van der Waals surface area contributed by atoms with Crippen molar-refractivity contribution in [3.63, 3.8) is 0 Å². The SMILES string of the molecule is Cc1cc(=O)c(C(=O)NC(C)CCC(C)C)nn1-c1ccccc1. The van der Waals surface area contributed by atoms with Gasteiger partial charge >= 0.3 is 0 Å². The first-order valence-corrected chi connectivity index (χ1v) is 8.35. The molecule has 0 aliphatic carbocycles. The Kier molecular flexibility index (Phi) is 5.90. The average molecular weight is 327 g/mol. The molecule has 0 bridgehead atoms. The summed E-state index contributed by atoms with van der Waals surface area (Å²) in [5, 5.41) is 7.16. The van der Waals surface area contributed by atoms with Crippen molar-refractivity contribution >= 4 is 5.91 Å². The van der Waals surface area contributed by atoms with E-state index in [1.54, 1.807) is 11.6 Å². The molecule has 1 aromatic carbocycles. The van der Waals surface area contributed by atoms with E-state index in [2.05, 4.69) is 24.3 Å². The minimum Gasteiger partial charge on any atom is -0.348 e. The first-order valence-electron chi connectivity index (χ1n) is 8.35. The Morgan fingerprint density at radius 2 is 1.83 bits per heavy atom. The number of carbonyl (C=O) groups excluding carboxylic acids is 1. The smallest absolute Gasteiger partial charge is 0.276 e. The van der Waals surface area contributed by atoms with Gasteiger partial charge in [-0.25, -0.2) is 4.68 Å². The van der Waals surface area contributed by atoms with Crippen LogP contribution in [0, 0.1) is 12.8 Å². The molecule has 0 saturated carbocycles. The van der Waals surface area contributed by atoms with Crippen molar-refractivity contribution in [1.82, 2.24) is 15.1 Å². The zero-order chi connectivity index (χ0) is 17.7. The van der Waals surface area contributed by atoms with Gasteiger partial charge in [0, 0.05) is 17.8 Å². The molecule has 1 amide bonds. The normalized spacial score (nSPS) is 12.2. The highest BCUT2D eigenvalue weighted by Crippen LogP contribution is 2.09. The first kappa shape index (κ1) is 17.9. The number of hydrogen-bond acceptors (Lipinski definition) is 3. The fourth-order valence-electron chi connectivity index (χ4n) is 2.48. The highest BCUT2D eigenvalue weighted by Gasteiger charge is 2.17. The summed E-state index contributed by atoms with van der Waals surface area (Å²) in [5.41, 5.74) is 1.08. The van der Waals surface area contributed by atoms with Gasteiger partial charge in [0.1, 0.15) is 0 Å². The van der Waals surface area contributed by atoms with Crippen molar-refractivity contribution in [3.05, 3.63) is 58.0 Å². The summed E-state index contributed by atoms with van der Waals surface area (Å²) in [6, 6.07) is 10.9. The van der Waals surface area contributed by atoms with Crippen LogP contribution in [0.1, 0.15) is 49.8 Å². The number of amides is 1. The Morgan fingerprint density at radius 1 is 1.17 bits per heavy atom. The van der Waals surface area contributed by atoms with E-state index in [9.17, 15) is 9.59 Å². The second kappa shape index (κ2) is 7.90. The monoisotopic (exact) mass is 327 g/mol. The maximum atomic E-state index is 12.4. The number of hydrogen-bond donors (Lipinski definition) is 1. The lowest BCUT2D eigenvalue weighted by molar-refractivity contribution is 0.0929. The van der Waals surface area contributed by atoms with Crippen LogP contribution in [0.3, 0.4) is 0 Å². The Labute approximate surface area is 142 Å². The highest BCUT2D eigenvalue weighted by molar-refractivity contribution is 5.92. The van der Waals surface area contributed by atoms with Gasteiger partial charge in [0.25, 0.3) is 5.91 Å². The predicted octanol–water partition coefficient (Wildman–Crippen LogP) is 3.10. The number of carbonyl (C=O) groups is 1. The van der Waals surface area contributed by atoms with Gasteiger partial charge in [-0.1, -0.05) is 32.0 Å². The lowest BCUT2D eigenvalue weighted by atomic mass is 10.0. The molecule has 5 heteroatoms. The molecule has 0 aliphatic rings. The molecule has 5 nitrogen and oxygen atoms in total. The summed E-state index contributed by atoms with van der Waals surface area (Å²) in [6.45, 7) is 8.04. The molecule has 1 atom stereocenters. The van der Waals surface area contributed by atoms with Crippen LogP contribution >= 0.6 is 0 Å². The van der Waals surface area contributed by atoms with Crippen LogP contribution in [0.25, 0.3) is 5.69 Å². The molecule has 1 aromatic heterocycles. The van der Waals surface area contributed by atoms with E-state index in [0.29, 0.717) is 11.6 Å². The maximum absolute atomic E-state index is 12.4. The van der Waals surface area contributed by atoms with Crippen LogP contribution in [0.15, 0.2) is 41.2 Å². The molecule has 0 spiro atoms. The van der Waals surface area contributed by atoms with Crippen LogP contribution in [-0.2, 0) is 0 Å². The summed E-state index contributed by atoms with van der Waals surface area (Å²) in [4.78, 5) is 24.6. The Morgan fingerprint density at radius 3 is 2.46 bits per heavy atom. The standard InChI is InChI=1S/C19H25N3O2/c1-13(2)10-11-14(3)20-19(24)18-17(23)12-15(4)22(21-18)16-8-6-5-7-9-16/h5-9,12-14H,10-11H2,1-4H3,(H,20,24). The van der Waals surface area contributed by atoms with Gasteiger partial charge in [0.2, 0.25) is 5.43 Å². The largest absolute Gasteiger partial charge is 0.348 e. The number of aromatic nitrogens is 2. The van der Waals surface area contributed by atoms with Crippen LogP contribution in [0.5, 0.6) is 0 Å². The molecular formula is C19H25N3O2. The number of aryl methyl sites for hydroxylation is 1. The maximum Gasteiger partial charge on any atom is 0.276 e. The van der Waals surface area contributed by atoms with Gasteiger partial charge in [0.15, 0.2) is 5.69 Å². The Bertz CT molecular complexity index is 751. The lowest BCUT2D eigenvalue weighted by Gasteiger charge is -2.15. The minimum atomic E-state index is -0.416. The summed E-state index contributed by atoms with van der Waals surface area (Å²) in [6.07, 6.45) is 1.90. The van der Waals surface area contributed by atoms with Crippen molar-refractivity contribution < 1.29 is 4.79 Å². The van der Waals surface area contributed by atoms with E-state index in [4.69, 9.17) is 0 Å². The number of nitrogens with zero attached hydrogens (tertiary/aromatic N) is 2. The van der Waals surface area contributed by atoms with Crippen molar-refractivity contribution in [2.24, 2.45) is 5.92 Å². The van der Waals surface area contributed by atoms with Crippen LogP contribution in [0.2, 0.25) is 0 Å². The Hall–Kier alpha value is -2.43. The summed E-state index contributed by atoms with van der Waals surface area (Å²) in [5.74, 6) is 0.165. The van der Waals surface area contributed by atoms with E-state index in [0.717, 1.165) is 18.5 Å². The van der Waals surface area contributed by atoms with Gasteiger partial charge in [-0.15, -0.1) is 0 Å². The molecule has 1 N–H and O–H groups in total. The third-order valence-electron chi connectivity index (χ3n) is 3.88. The van der Waals surface area contributed by atoms with Gasteiger partial charge in [0.05, 0.1) is 5.69 Å². The number of nitrogens with one attached hydrogen (secondary N) is 1. The molecule has 0 saturated heterocycles. The van der Waals surface area contributed by atoms with Crippen molar-refractivity contribution in [1.29, 1.82) is 0 Å². The molecule has 0 radical (unpaired) electrons. The molecule has 24 heavy (non-hydrogen) atoms. The van der Waals surface area contributed by atoms with Gasteiger partial charge in [-0.3, -0.25) is 9.59 Å². The number of rotatable bonds is 6. The average Bonchev–Trinajstić information content (AvgIpc) is 2.53. The van der Waals surface area contributed by atoms with Crippen LogP contribution < -0.4 is 10.7 Å². The summed E-state index contributed by atoms with van der Waals surface area (Å²) in [7, 11) is 0. The van der Waals surface area contributed by atoms with Crippen molar-refractivity contribution in [2.45, 2.75) is 46.6 Å². The fraction of sp³-hybridized carbons (Fsp3) is 0.421. The fourth-order valence-corrected chi connectivity index (χ4v) is 2.48. The molecule has 0 aliphatic heterocycles. The van der Waals surface area contributed by atoms with E-state index in [-0.39, 0.29) is 17.2 Å². The van der Waals surface area contributed by atoms with Gasteiger partial charge in [-0.05, 0) is 44.7 Å². The molecular weight excluding hydrogens is 302 g/mol. The van der Waals surface area contributed by atoms with Crippen LogP contribution in [0.4, 0.5) is 0 Å². The van der Waals surface area contributed by atoms with Gasteiger partial charge < -0.3 is 5.32 Å². The molecule has 0 fully saturated rings. The van der Waals surface area contributed by atoms with Crippen LogP contribution in [-0.4, -0.2) is 21.7 Å². The summed E-state index contributed by atoms with van der Waals surface area (Å²) < 4.78 is 1.62. The van der Waals surface area contributed by atoms with E-state index < -0.39 is 5.91 Å². The quantitative estimate of drug-likeness (QED) is 0.887. The second-order valence-electron chi connectivity index (χ2n) is 6.59. The first-order chi connectivity index (χ1) is 11.4. The topological polar surface area (TPSA) is 64.0 Å². The highest BCUT2D eigenvalue weighted by atomic mass is 16.2. The van der Waals surface area contributed by atoms with Crippen molar-refractivity contribution in [2.75, 3.05) is 0 Å². The minimum absolute atomic E-state index is 0.00702. The van der Waals surface area contributed by atoms with E-state index >= 15 is 0 Å². The second-order valence-corrected chi connectivity index (χ2v) is 6.59. The molecule has 128 valence electrons. The molecule has 2 aromatic rings. The zero-order valence-electron chi connectivity index (χ0n) is 14.7. The lowest BCUT2D eigenvalue weighted by Crippen LogP contribution is -2.37. The summed E-state index contributed by atoms with van der Waals surface area (Å²) >= 11 is 0. The zero-order valence-corrected chi connectivity index (χ0v) is 14.7. The number of benzene rings is 1. The Balaban J connectivity index is 2.24.